The molecule has 2 N–H and O–H groups in total. The monoisotopic (exact) mass is 260 g/mol. The van der Waals surface area contributed by atoms with Crippen LogP contribution in [0.2, 0.25) is 0 Å². The molecule has 7 nitrogen and oxygen atoms in total. The number of hydrogen-bond donors (Lipinski definition) is 2. The van der Waals surface area contributed by atoms with Crippen molar-refractivity contribution in [3.8, 4) is 5.88 Å². The van der Waals surface area contributed by atoms with Crippen LogP contribution in [-0.2, 0) is 10.0 Å². The molecule has 1 heterocycles. The molecule has 0 aromatic carbocycles. The van der Waals surface area contributed by atoms with E-state index in [1.807, 2.05) is 0 Å². The maximum atomic E-state index is 11.1. The average Bonchev–Trinajstić information content (AvgIpc) is 2.35. The Bertz CT molecular complexity index is 449. The number of nitrogens with zero attached hydrogens (tertiary/aromatic N) is 2. The lowest BCUT2D eigenvalue weighted by molar-refractivity contribution is 0.397. The van der Waals surface area contributed by atoms with Gasteiger partial charge in [0.25, 0.3) is 0 Å². The lowest BCUT2D eigenvalue weighted by Crippen LogP contribution is -2.30. The molecule has 1 aromatic heterocycles. The molecule has 0 fully saturated rings. The Labute approximate surface area is 101 Å². The largest absolute Gasteiger partial charge is 0.481 e. The normalized spacial score (nSPS) is 11.2. The highest BCUT2D eigenvalue weighted by atomic mass is 32.2. The lowest BCUT2D eigenvalue weighted by atomic mass is 10.6. The van der Waals surface area contributed by atoms with Crippen molar-refractivity contribution in [3.63, 3.8) is 0 Å². The molecule has 0 spiro atoms. The van der Waals surface area contributed by atoms with Crippen LogP contribution < -0.4 is 14.8 Å². The number of methoxy groups -OCH3 is 1. The number of rotatable bonds is 7. The number of nitrogens with one attached hydrogen (secondary N) is 2. The fraction of sp³-hybridized carbons (Fsp3) is 0.556. The van der Waals surface area contributed by atoms with Gasteiger partial charge in [-0.15, -0.1) is 0 Å². The number of aromatic nitrogens is 2. The third-order valence-corrected chi connectivity index (χ3v) is 3.35. The highest BCUT2D eigenvalue weighted by Gasteiger charge is 2.04. The van der Waals surface area contributed by atoms with Crippen molar-refractivity contribution in [2.24, 2.45) is 0 Å². The van der Waals surface area contributed by atoms with Gasteiger partial charge in [0, 0.05) is 25.4 Å². The van der Waals surface area contributed by atoms with E-state index in [4.69, 9.17) is 4.74 Å². The van der Waals surface area contributed by atoms with Crippen LogP contribution in [0.15, 0.2) is 12.3 Å². The molecule has 17 heavy (non-hydrogen) atoms. The van der Waals surface area contributed by atoms with E-state index in [9.17, 15) is 8.42 Å². The molecule has 96 valence electrons. The van der Waals surface area contributed by atoms with Crippen molar-refractivity contribution in [3.05, 3.63) is 12.3 Å². The molecule has 8 heteroatoms. The van der Waals surface area contributed by atoms with Gasteiger partial charge in [-0.25, -0.2) is 18.1 Å². The van der Waals surface area contributed by atoms with Crippen LogP contribution in [-0.4, -0.2) is 44.3 Å². The highest BCUT2D eigenvalue weighted by Crippen LogP contribution is 2.06. The van der Waals surface area contributed by atoms with Crippen molar-refractivity contribution < 1.29 is 13.2 Å². The quantitative estimate of drug-likeness (QED) is 0.661. The van der Waals surface area contributed by atoms with Crippen LogP contribution >= 0.6 is 0 Å². The Morgan fingerprint density at radius 3 is 2.82 bits per heavy atom. The Kier molecular flexibility index (Phi) is 5.11. The third-order valence-electron chi connectivity index (χ3n) is 1.95. The summed E-state index contributed by atoms with van der Waals surface area (Å²) in [6.07, 6.45) is 1.56. The Hall–Kier alpha value is -1.41. The van der Waals surface area contributed by atoms with Crippen molar-refractivity contribution in [1.82, 2.24) is 14.7 Å². The zero-order valence-corrected chi connectivity index (χ0v) is 10.6. The second-order valence-electron chi connectivity index (χ2n) is 3.15. The molecule has 0 saturated heterocycles. The minimum atomic E-state index is -3.14. The van der Waals surface area contributed by atoms with Crippen LogP contribution in [0.5, 0.6) is 5.88 Å². The summed E-state index contributed by atoms with van der Waals surface area (Å²) in [5.74, 6) is 0.930. The summed E-state index contributed by atoms with van der Waals surface area (Å²) >= 11 is 0. The lowest BCUT2D eigenvalue weighted by Gasteiger charge is -2.06. The summed E-state index contributed by atoms with van der Waals surface area (Å²) in [6.45, 7) is 2.28. The second kappa shape index (κ2) is 6.36. The number of ether oxygens (including phenoxy) is 1. The van der Waals surface area contributed by atoms with Crippen LogP contribution in [0.1, 0.15) is 6.92 Å². The zero-order chi connectivity index (χ0) is 12.7. The molecule has 0 aliphatic heterocycles. The van der Waals surface area contributed by atoms with Crippen molar-refractivity contribution in [2.45, 2.75) is 6.92 Å². The topological polar surface area (TPSA) is 93.2 Å². The SMILES string of the molecule is CCS(=O)(=O)NCCNc1nccc(OC)n1. The summed E-state index contributed by atoms with van der Waals surface area (Å²) in [4.78, 5) is 7.99. The molecule has 0 amide bonds. The minimum Gasteiger partial charge on any atom is -0.481 e. The predicted molar refractivity (Wildman–Crippen MR) is 64.5 cm³/mol. The summed E-state index contributed by atoms with van der Waals surface area (Å²) in [6, 6.07) is 1.63. The van der Waals surface area contributed by atoms with Gasteiger partial charge in [0.15, 0.2) is 0 Å². The van der Waals surface area contributed by atoms with Crippen molar-refractivity contribution in [2.75, 3.05) is 31.3 Å². The summed E-state index contributed by atoms with van der Waals surface area (Å²) in [5, 5.41) is 2.89. The molecule has 0 atom stereocenters. The molecule has 0 bridgehead atoms. The van der Waals surface area contributed by atoms with Gasteiger partial charge < -0.3 is 10.1 Å². The van der Waals surface area contributed by atoms with E-state index in [0.717, 1.165) is 0 Å². The fourth-order valence-corrected chi connectivity index (χ4v) is 1.64. The maximum absolute atomic E-state index is 11.1. The van der Waals surface area contributed by atoms with E-state index in [0.29, 0.717) is 18.4 Å². The van der Waals surface area contributed by atoms with Gasteiger partial charge in [0.05, 0.1) is 12.9 Å². The van der Waals surface area contributed by atoms with E-state index >= 15 is 0 Å². The Morgan fingerprint density at radius 2 is 2.18 bits per heavy atom. The van der Waals surface area contributed by atoms with Crippen LogP contribution in [0.4, 0.5) is 5.95 Å². The number of sulfonamides is 1. The predicted octanol–water partition coefficient (Wildman–Crippen LogP) is -0.164. The smallest absolute Gasteiger partial charge is 0.225 e. The molecule has 0 radical (unpaired) electrons. The molecule has 0 saturated carbocycles. The third kappa shape index (κ3) is 4.96. The fourth-order valence-electron chi connectivity index (χ4n) is 1.02. The van der Waals surface area contributed by atoms with E-state index < -0.39 is 10.0 Å². The first-order valence-corrected chi connectivity index (χ1v) is 6.81. The first kappa shape index (κ1) is 13.7. The van der Waals surface area contributed by atoms with Gasteiger partial charge in [-0.05, 0) is 6.92 Å². The maximum Gasteiger partial charge on any atom is 0.225 e. The molecular formula is C9H16N4O3S. The van der Waals surface area contributed by atoms with Gasteiger partial charge in [-0.3, -0.25) is 0 Å². The first-order chi connectivity index (χ1) is 8.07. The van der Waals surface area contributed by atoms with Crippen LogP contribution in [0.3, 0.4) is 0 Å². The van der Waals surface area contributed by atoms with Gasteiger partial charge in [0.2, 0.25) is 21.9 Å². The molecule has 0 unspecified atom stereocenters. The van der Waals surface area contributed by atoms with Crippen LogP contribution in [0.25, 0.3) is 0 Å². The summed E-state index contributed by atoms with van der Waals surface area (Å²) in [7, 11) is -1.63. The molecule has 1 rings (SSSR count). The summed E-state index contributed by atoms with van der Waals surface area (Å²) in [5.41, 5.74) is 0. The van der Waals surface area contributed by atoms with Crippen molar-refractivity contribution in [1.29, 1.82) is 0 Å². The first-order valence-electron chi connectivity index (χ1n) is 5.15. The van der Waals surface area contributed by atoms with Crippen molar-refractivity contribution >= 4 is 16.0 Å². The van der Waals surface area contributed by atoms with Gasteiger partial charge in [0.1, 0.15) is 0 Å². The van der Waals surface area contributed by atoms with Crippen LogP contribution in [0, 0.1) is 0 Å². The van der Waals surface area contributed by atoms with Gasteiger partial charge in [-0.2, -0.15) is 4.98 Å². The standard InChI is InChI=1S/C9H16N4O3S/c1-3-17(14,15)12-7-6-11-9-10-5-4-8(13-9)16-2/h4-5,12H,3,6-7H2,1-2H3,(H,10,11,13). The molecule has 0 aliphatic carbocycles. The molecule has 1 aromatic rings. The number of hydrogen-bond acceptors (Lipinski definition) is 6. The van der Waals surface area contributed by atoms with E-state index in [1.54, 1.807) is 19.2 Å². The number of anilines is 1. The Morgan fingerprint density at radius 1 is 1.41 bits per heavy atom. The average molecular weight is 260 g/mol. The Balaban J connectivity index is 2.36. The second-order valence-corrected chi connectivity index (χ2v) is 5.24. The summed E-state index contributed by atoms with van der Waals surface area (Å²) < 4.78 is 29.6. The van der Waals surface area contributed by atoms with Gasteiger partial charge >= 0.3 is 0 Å². The van der Waals surface area contributed by atoms with E-state index in [-0.39, 0.29) is 12.3 Å². The molecule has 0 aliphatic rings. The minimum absolute atomic E-state index is 0.0721. The highest BCUT2D eigenvalue weighted by molar-refractivity contribution is 7.89. The molecular weight excluding hydrogens is 244 g/mol. The zero-order valence-electron chi connectivity index (χ0n) is 9.80. The van der Waals surface area contributed by atoms with Gasteiger partial charge in [-0.1, -0.05) is 0 Å². The van der Waals surface area contributed by atoms with E-state index in [2.05, 4.69) is 20.0 Å². The van der Waals surface area contributed by atoms with E-state index in [1.165, 1.54) is 7.11 Å².